The molecule has 0 bridgehead atoms. The van der Waals surface area contributed by atoms with Crippen LogP contribution in [0.2, 0.25) is 0 Å². The number of fused-ring (bicyclic) bond motifs is 1. The first-order chi connectivity index (χ1) is 9.88. The molecule has 2 atom stereocenters. The Morgan fingerprint density at radius 1 is 1.10 bits per heavy atom. The van der Waals surface area contributed by atoms with E-state index >= 15 is 0 Å². The minimum Gasteiger partial charge on any atom is -0.490 e. The van der Waals surface area contributed by atoms with Gasteiger partial charge in [-0.05, 0) is 31.4 Å². The Kier molecular flexibility index (Phi) is 4.62. The van der Waals surface area contributed by atoms with Crippen LogP contribution in [0.4, 0.5) is 0 Å². The fraction of sp³-hybridized carbons (Fsp3) is 0.667. The molecule has 1 saturated carbocycles. The third-order valence-electron chi connectivity index (χ3n) is 4.92. The Balaban J connectivity index is 1.78. The van der Waals surface area contributed by atoms with Crippen LogP contribution >= 0.6 is 0 Å². The van der Waals surface area contributed by atoms with Gasteiger partial charge in [0, 0.05) is 18.0 Å². The van der Waals surface area contributed by atoms with Gasteiger partial charge in [0.25, 0.3) is 0 Å². The minimum atomic E-state index is 0.409. The summed E-state index contributed by atoms with van der Waals surface area (Å²) in [5.74, 6) is 1.87. The van der Waals surface area contributed by atoms with Crippen LogP contribution in [0.1, 0.15) is 63.5 Å². The Morgan fingerprint density at radius 2 is 1.85 bits per heavy atom. The van der Waals surface area contributed by atoms with Gasteiger partial charge in [0.1, 0.15) is 11.9 Å². The van der Waals surface area contributed by atoms with Crippen LogP contribution < -0.4 is 10.1 Å². The second kappa shape index (κ2) is 6.62. The molecule has 1 aromatic carbocycles. The molecule has 2 unspecified atom stereocenters. The molecule has 0 saturated heterocycles. The van der Waals surface area contributed by atoms with Crippen molar-refractivity contribution >= 4 is 0 Å². The number of nitrogens with one attached hydrogen (secondary N) is 1. The van der Waals surface area contributed by atoms with Gasteiger partial charge in [-0.15, -0.1) is 0 Å². The van der Waals surface area contributed by atoms with E-state index < -0.39 is 0 Å². The average Bonchev–Trinajstić information content (AvgIpc) is 2.76. The zero-order chi connectivity index (χ0) is 13.8. The van der Waals surface area contributed by atoms with Crippen molar-refractivity contribution < 1.29 is 4.74 Å². The maximum absolute atomic E-state index is 6.36. The van der Waals surface area contributed by atoms with E-state index in [9.17, 15) is 0 Å². The standard InChI is InChI=1S/C18H27NO/c1-2-19-16-13-18(14-9-5-3-4-6-10-14)20-17-12-8-7-11-15(16)17/h7-8,11-12,14,16,18-19H,2-6,9-10,13H2,1H3. The van der Waals surface area contributed by atoms with Gasteiger partial charge in [-0.1, -0.05) is 50.8 Å². The van der Waals surface area contributed by atoms with E-state index in [4.69, 9.17) is 4.74 Å². The highest BCUT2D eigenvalue weighted by Crippen LogP contribution is 2.39. The van der Waals surface area contributed by atoms with Crippen LogP contribution in [0.5, 0.6) is 5.75 Å². The number of hydrogen-bond donors (Lipinski definition) is 1. The zero-order valence-electron chi connectivity index (χ0n) is 12.6. The van der Waals surface area contributed by atoms with Crippen LogP contribution in [-0.2, 0) is 0 Å². The van der Waals surface area contributed by atoms with E-state index in [0.717, 1.165) is 24.6 Å². The summed E-state index contributed by atoms with van der Waals surface area (Å²) in [4.78, 5) is 0. The molecule has 2 aliphatic rings. The lowest BCUT2D eigenvalue weighted by atomic mass is 9.86. The highest BCUT2D eigenvalue weighted by atomic mass is 16.5. The van der Waals surface area contributed by atoms with Gasteiger partial charge >= 0.3 is 0 Å². The maximum atomic E-state index is 6.36. The number of rotatable bonds is 3. The zero-order valence-corrected chi connectivity index (χ0v) is 12.6. The first-order valence-electron chi connectivity index (χ1n) is 8.37. The summed E-state index contributed by atoms with van der Waals surface area (Å²) in [6, 6.07) is 9.04. The van der Waals surface area contributed by atoms with Crippen molar-refractivity contribution in [1.29, 1.82) is 0 Å². The first-order valence-corrected chi connectivity index (χ1v) is 8.37. The smallest absolute Gasteiger partial charge is 0.124 e. The molecular weight excluding hydrogens is 246 g/mol. The number of benzene rings is 1. The molecule has 1 N–H and O–H groups in total. The third kappa shape index (κ3) is 3.01. The number of ether oxygens (including phenoxy) is 1. The lowest BCUT2D eigenvalue weighted by Crippen LogP contribution is -2.37. The lowest BCUT2D eigenvalue weighted by molar-refractivity contribution is 0.0846. The molecule has 110 valence electrons. The molecule has 1 fully saturated rings. The molecule has 0 aromatic heterocycles. The van der Waals surface area contributed by atoms with E-state index in [1.54, 1.807) is 0 Å². The highest BCUT2D eigenvalue weighted by Gasteiger charge is 2.32. The minimum absolute atomic E-state index is 0.409. The summed E-state index contributed by atoms with van der Waals surface area (Å²) in [5.41, 5.74) is 1.35. The van der Waals surface area contributed by atoms with Gasteiger partial charge < -0.3 is 10.1 Å². The van der Waals surface area contributed by atoms with Crippen molar-refractivity contribution in [3.8, 4) is 5.75 Å². The predicted molar refractivity (Wildman–Crippen MR) is 83.1 cm³/mol. The van der Waals surface area contributed by atoms with Gasteiger partial charge in [-0.3, -0.25) is 0 Å². The molecule has 1 aliphatic carbocycles. The fourth-order valence-corrected chi connectivity index (χ4v) is 3.86. The molecular formula is C18H27NO. The first kappa shape index (κ1) is 13.9. The van der Waals surface area contributed by atoms with Crippen LogP contribution in [0.25, 0.3) is 0 Å². The van der Waals surface area contributed by atoms with Crippen LogP contribution in [0.15, 0.2) is 24.3 Å². The van der Waals surface area contributed by atoms with Gasteiger partial charge in [-0.2, -0.15) is 0 Å². The quantitative estimate of drug-likeness (QED) is 0.821. The molecule has 1 aliphatic heterocycles. The van der Waals surface area contributed by atoms with Crippen molar-refractivity contribution in [3.05, 3.63) is 29.8 Å². The maximum Gasteiger partial charge on any atom is 0.124 e. The summed E-state index contributed by atoms with van der Waals surface area (Å²) in [6.07, 6.45) is 9.85. The largest absolute Gasteiger partial charge is 0.490 e. The van der Waals surface area contributed by atoms with E-state index in [-0.39, 0.29) is 0 Å². The fourth-order valence-electron chi connectivity index (χ4n) is 3.86. The van der Waals surface area contributed by atoms with Crippen molar-refractivity contribution in [3.63, 3.8) is 0 Å². The Bertz CT molecular complexity index is 423. The number of para-hydroxylation sites is 1. The Labute approximate surface area is 122 Å². The molecule has 1 heterocycles. The van der Waals surface area contributed by atoms with Crippen molar-refractivity contribution in [2.24, 2.45) is 5.92 Å². The SMILES string of the molecule is CCNC1CC(C2CCCCCC2)Oc2ccccc21. The molecule has 0 spiro atoms. The van der Waals surface area contributed by atoms with Gasteiger partial charge in [-0.25, -0.2) is 0 Å². The van der Waals surface area contributed by atoms with Gasteiger partial charge in [0.15, 0.2) is 0 Å². The second-order valence-electron chi connectivity index (χ2n) is 6.29. The molecule has 20 heavy (non-hydrogen) atoms. The monoisotopic (exact) mass is 273 g/mol. The van der Waals surface area contributed by atoms with Crippen molar-refractivity contribution in [2.75, 3.05) is 6.54 Å². The number of hydrogen-bond acceptors (Lipinski definition) is 2. The summed E-state index contributed by atoms with van der Waals surface area (Å²) in [6.45, 7) is 3.22. The molecule has 1 aromatic rings. The normalized spacial score (nSPS) is 27.4. The summed E-state index contributed by atoms with van der Waals surface area (Å²) >= 11 is 0. The van der Waals surface area contributed by atoms with E-state index in [0.29, 0.717) is 12.1 Å². The topological polar surface area (TPSA) is 21.3 Å². The van der Waals surface area contributed by atoms with E-state index in [1.807, 2.05) is 0 Å². The highest BCUT2D eigenvalue weighted by molar-refractivity contribution is 5.38. The molecule has 3 rings (SSSR count). The van der Waals surface area contributed by atoms with Gasteiger partial charge in [0.2, 0.25) is 0 Å². The Hall–Kier alpha value is -1.02. The van der Waals surface area contributed by atoms with Crippen LogP contribution in [0, 0.1) is 5.92 Å². The second-order valence-corrected chi connectivity index (χ2v) is 6.29. The molecule has 0 radical (unpaired) electrons. The summed E-state index contributed by atoms with van der Waals surface area (Å²) < 4.78 is 6.36. The molecule has 2 heteroatoms. The van der Waals surface area contributed by atoms with Crippen molar-refractivity contribution in [1.82, 2.24) is 5.32 Å². The van der Waals surface area contributed by atoms with E-state index in [2.05, 4.69) is 36.5 Å². The summed E-state index contributed by atoms with van der Waals surface area (Å²) in [7, 11) is 0. The van der Waals surface area contributed by atoms with Crippen LogP contribution in [-0.4, -0.2) is 12.6 Å². The molecule has 2 nitrogen and oxygen atoms in total. The van der Waals surface area contributed by atoms with Crippen LogP contribution in [0.3, 0.4) is 0 Å². The van der Waals surface area contributed by atoms with Crippen molar-refractivity contribution in [2.45, 2.75) is 64.0 Å². The van der Waals surface area contributed by atoms with Gasteiger partial charge in [0.05, 0.1) is 0 Å². The predicted octanol–water partition coefficient (Wildman–Crippen LogP) is 4.46. The lowest BCUT2D eigenvalue weighted by Gasteiger charge is -2.36. The van der Waals surface area contributed by atoms with E-state index in [1.165, 1.54) is 44.1 Å². The third-order valence-corrected chi connectivity index (χ3v) is 4.92. The average molecular weight is 273 g/mol. The summed E-state index contributed by atoms with van der Waals surface area (Å²) in [5, 5.41) is 3.65. The Morgan fingerprint density at radius 3 is 2.60 bits per heavy atom. The molecule has 0 amide bonds.